The van der Waals surface area contributed by atoms with E-state index in [1.54, 1.807) is 0 Å². The van der Waals surface area contributed by atoms with Gasteiger partial charge in [0.25, 0.3) is 5.91 Å². The molecule has 1 amide bonds. The molecule has 108 valence electrons. The Bertz CT molecular complexity index is 498. The molecule has 1 heterocycles. The molecule has 2 N–H and O–H groups in total. The third-order valence-electron chi connectivity index (χ3n) is 3.54. The van der Waals surface area contributed by atoms with Gasteiger partial charge in [-0.1, -0.05) is 30.9 Å². The number of carbonyl (C=O) groups excluding carboxylic acids is 1. The maximum atomic E-state index is 12.2. The smallest absolute Gasteiger partial charge is 0.305 e. The maximum absolute atomic E-state index is 12.2. The van der Waals surface area contributed by atoms with Crippen LogP contribution in [0.5, 0.6) is 0 Å². The van der Waals surface area contributed by atoms with Crippen molar-refractivity contribution in [2.45, 2.75) is 44.1 Å². The van der Waals surface area contributed by atoms with E-state index in [4.69, 9.17) is 16.7 Å². The Morgan fingerprint density at radius 1 is 1.25 bits per heavy atom. The molecule has 6 nitrogen and oxygen atoms in total. The van der Waals surface area contributed by atoms with E-state index in [2.05, 4.69) is 15.5 Å². The van der Waals surface area contributed by atoms with Crippen molar-refractivity contribution in [2.75, 3.05) is 0 Å². The summed E-state index contributed by atoms with van der Waals surface area (Å²) < 4.78 is 0. The Labute approximate surface area is 121 Å². The number of carbonyl (C=O) groups is 2. The van der Waals surface area contributed by atoms with Crippen molar-refractivity contribution in [3.05, 3.63) is 23.0 Å². The van der Waals surface area contributed by atoms with E-state index in [-0.39, 0.29) is 17.3 Å². The summed E-state index contributed by atoms with van der Waals surface area (Å²) in [4.78, 5) is 23.2. The summed E-state index contributed by atoms with van der Waals surface area (Å²) in [5.74, 6) is -1.31. The summed E-state index contributed by atoms with van der Waals surface area (Å²) >= 11 is 5.62. The SMILES string of the molecule is O=C(O)CC1(NC(=O)c2ccc(Cl)nn2)CCCCC1. The molecule has 0 bridgehead atoms. The van der Waals surface area contributed by atoms with E-state index in [1.807, 2.05) is 0 Å². The molecule has 0 aromatic carbocycles. The fraction of sp³-hybridized carbons (Fsp3) is 0.538. The second-order valence-electron chi connectivity index (χ2n) is 5.11. The molecule has 0 radical (unpaired) electrons. The maximum Gasteiger partial charge on any atom is 0.305 e. The van der Waals surface area contributed by atoms with Gasteiger partial charge in [-0.3, -0.25) is 9.59 Å². The second-order valence-corrected chi connectivity index (χ2v) is 5.49. The number of hydrogen-bond acceptors (Lipinski definition) is 4. The molecular weight excluding hydrogens is 282 g/mol. The van der Waals surface area contributed by atoms with Crippen LogP contribution in [0.2, 0.25) is 5.15 Å². The number of nitrogens with one attached hydrogen (secondary N) is 1. The third-order valence-corrected chi connectivity index (χ3v) is 3.75. The molecule has 0 aliphatic heterocycles. The lowest BCUT2D eigenvalue weighted by molar-refractivity contribution is -0.139. The van der Waals surface area contributed by atoms with E-state index < -0.39 is 17.4 Å². The number of aliphatic carboxylic acids is 1. The lowest BCUT2D eigenvalue weighted by atomic mass is 9.79. The molecule has 0 atom stereocenters. The van der Waals surface area contributed by atoms with Gasteiger partial charge in [0.05, 0.1) is 12.0 Å². The molecule has 0 saturated heterocycles. The fourth-order valence-electron chi connectivity index (χ4n) is 2.61. The van der Waals surface area contributed by atoms with E-state index in [0.29, 0.717) is 12.8 Å². The Morgan fingerprint density at radius 2 is 1.95 bits per heavy atom. The van der Waals surface area contributed by atoms with Gasteiger partial charge in [-0.25, -0.2) is 0 Å². The summed E-state index contributed by atoms with van der Waals surface area (Å²) in [6.45, 7) is 0. The van der Waals surface area contributed by atoms with Gasteiger partial charge in [-0.05, 0) is 25.0 Å². The van der Waals surface area contributed by atoms with E-state index in [0.717, 1.165) is 19.3 Å². The number of carboxylic acids is 1. The average Bonchev–Trinajstić information content (AvgIpc) is 2.39. The van der Waals surface area contributed by atoms with Crippen LogP contribution in [0.15, 0.2) is 12.1 Å². The first-order valence-electron chi connectivity index (χ1n) is 6.54. The van der Waals surface area contributed by atoms with Gasteiger partial charge >= 0.3 is 5.97 Å². The number of nitrogens with zero attached hydrogens (tertiary/aromatic N) is 2. The van der Waals surface area contributed by atoms with Crippen LogP contribution in [0.25, 0.3) is 0 Å². The predicted octanol–water partition coefficient (Wildman–Crippen LogP) is 2.04. The quantitative estimate of drug-likeness (QED) is 0.887. The number of hydrogen-bond donors (Lipinski definition) is 2. The zero-order valence-electron chi connectivity index (χ0n) is 10.9. The van der Waals surface area contributed by atoms with Crippen LogP contribution in [0, 0.1) is 0 Å². The molecule has 1 aromatic rings. The van der Waals surface area contributed by atoms with Gasteiger partial charge in [0.15, 0.2) is 10.8 Å². The summed E-state index contributed by atoms with van der Waals surface area (Å²) in [5.41, 5.74) is -0.535. The molecule has 7 heteroatoms. The summed E-state index contributed by atoms with van der Waals surface area (Å²) in [7, 11) is 0. The lowest BCUT2D eigenvalue weighted by Crippen LogP contribution is -2.51. The zero-order chi connectivity index (χ0) is 14.6. The molecule has 0 unspecified atom stereocenters. The predicted molar refractivity (Wildman–Crippen MR) is 72.6 cm³/mol. The van der Waals surface area contributed by atoms with E-state index in [1.165, 1.54) is 12.1 Å². The van der Waals surface area contributed by atoms with Gasteiger partial charge in [-0.15, -0.1) is 10.2 Å². The van der Waals surface area contributed by atoms with Crippen LogP contribution in [0.4, 0.5) is 0 Å². The number of rotatable bonds is 4. The zero-order valence-corrected chi connectivity index (χ0v) is 11.7. The van der Waals surface area contributed by atoms with E-state index in [9.17, 15) is 9.59 Å². The molecule has 2 rings (SSSR count). The van der Waals surface area contributed by atoms with E-state index >= 15 is 0 Å². The minimum atomic E-state index is -0.908. The minimum absolute atomic E-state index is 0.0697. The third kappa shape index (κ3) is 3.66. The topological polar surface area (TPSA) is 92.2 Å². The van der Waals surface area contributed by atoms with Crippen LogP contribution >= 0.6 is 11.6 Å². The van der Waals surface area contributed by atoms with Crippen molar-refractivity contribution in [1.29, 1.82) is 0 Å². The highest BCUT2D eigenvalue weighted by Gasteiger charge is 2.36. The van der Waals surface area contributed by atoms with Gasteiger partial charge in [0, 0.05) is 0 Å². The van der Waals surface area contributed by atoms with Gasteiger partial charge in [0.1, 0.15) is 0 Å². The largest absolute Gasteiger partial charge is 0.481 e. The lowest BCUT2D eigenvalue weighted by Gasteiger charge is -2.36. The number of aromatic nitrogens is 2. The molecule has 1 saturated carbocycles. The van der Waals surface area contributed by atoms with Crippen LogP contribution in [0.1, 0.15) is 49.0 Å². The van der Waals surface area contributed by atoms with Gasteiger partial charge in [-0.2, -0.15) is 0 Å². The highest BCUT2D eigenvalue weighted by Crippen LogP contribution is 2.31. The van der Waals surface area contributed by atoms with Crippen molar-refractivity contribution < 1.29 is 14.7 Å². The molecule has 1 aliphatic rings. The Hall–Kier alpha value is -1.69. The standard InChI is InChI=1S/C13H16ClN3O3/c14-10-5-4-9(16-17-10)12(20)15-13(8-11(18)19)6-2-1-3-7-13/h4-5H,1-3,6-8H2,(H,15,20)(H,18,19). The number of carboxylic acid groups (broad SMARTS) is 1. The van der Waals surface area contributed by atoms with Crippen molar-refractivity contribution >= 4 is 23.5 Å². The van der Waals surface area contributed by atoms with Crippen LogP contribution in [-0.4, -0.2) is 32.7 Å². The summed E-state index contributed by atoms with van der Waals surface area (Å²) in [6.07, 6.45) is 4.18. The summed E-state index contributed by atoms with van der Waals surface area (Å²) in [6, 6.07) is 2.95. The molecule has 1 fully saturated rings. The van der Waals surface area contributed by atoms with Crippen LogP contribution < -0.4 is 5.32 Å². The van der Waals surface area contributed by atoms with Gasteiger partial charge < -0.3 is 10.4 Å². The highest BCUT2D eigenvalue weighted by atomic mass is 35.5. The van der Waals surface area contributed by atoms with Crippen LogP contribution in [-0.2, 0) is 4.79 Å². The van der Waals surface area contributed by atoms with Crippen molar-refractivity contribution in [1.82, 2.24) is 15.5 Å². The second kappa shape index (κ2) is 6.17. The molecule has 0 spiro atoms. The summed E-state index contributed by atoms with van der Waals surface area (Å²) in [5, 5.41) is 19.4. The Balaban J connectivity index is 2.12. The van der Waals surface area contributed by atoms with Crippen molar-refractivity contribution in [3.8, 4) is 0 Å². The molecular formula is C13H16ClN3O3. The molecule has 1 aromatic heterocycles. The Morgan fingerprint density at radius 3 is 2.50 bits per heavy atom. The minimum Gasteiger partial charge on any atom is -0.481 e. The molecule has 20 heavy (non-hydrogen) atoms. The fourth-order valence-corrected chi connectivity index (χ4v) is 2.71. The average molecular weight is 298 g/mol. The monoisotopic (exact) mass is 297 g/mol. The first-order chi connectivity index (χ1) is 9.51. The number of halogens is 1. The number of amides is 1. The van der Waals surface area contributed by atoms with Gasteiger partial charge in [0.2, 0.25) is 0 Å². The van der Waals surface area contributed by atoms with Crippen molar-refractivity contribution in [2.24, 2.45) is 0 Å². The molecule has 1 aliphatic carbocycles. The first kappa shape index (κ1) is 14.7. The highest BCUT2D eigenvalue weighted by molar-refractivity contribution is 6.29. The van der Waals surface area contributed by atoms with Crippen molar-refractivity contribution in [3.63, 3.8) is 0 Å². The first-order valence-corrected chi connectivity index (χ1v) is 6.92. The normalized spacial score (nSPS) is 17.4. The van der Waals surface area contributed by atoms with Crippen LogP contribution in [0.3, 0.4) is 0 Å². The Kier molecular flexibility index (Phi) is 4.54.